The molecule has 0 fully saturated rings. The number of nitrogens with zero attached hydrogens (tertiary/aromatic N) is 2. The number of unbranched alkanes of at least 4 members (excludes halogenated alkanes) is 1. The summed E-state index contributed by atoms with van der Waals surface area (Å²) in [5.74, 6) is 2.61. The van der Waals surface area contributed by atoms with Crippen molar-refractivity contribution in [2.75, 3.05) is 38.6 Å². The Morgan fingerprint density at radius 3 is 2.20 bits per heavy atom. The van der Waals surface area contributed by atoms with E-state index in [1.165, 1.54) is 30.6 Å². The normalized spacial score (nSPS) is 11.1. The zero-order chi connectivity index (χ0) is 29.4. The number of fused-ring (bicyclic) bond motifs is 1. The van der Waals surface area contributed by atoms with Gasteiger partial charge in [-0.15, -0.1) is 0 Å². The lowest BCUT2D eigenvalue weighted by atomic mass is 10.2. The van der Waals surface area contributed by atoms with Gasteiger partial charge in [-0.25, -0.2) is 23.5 Å². The number of anilines is 3. The molecular weight excluding hydrogens is 550 g/mol. The van der Waals surface area contributed by atoms with E-state index < -0.39 is 10.0 Å². The zero-order valence-electron chi connectivity index (χ0n) is 22.8. The van der Waals surface area contributed by atoms with Gasteiger partial charge >= 0.3 is 0 Å². The number of nitrogens with one attached hydrogen (secondary N) is 2. The van der Waals surface area contributed by atoms with Crippen LogP contribution in [0.1, 0.15) is 19.3 Å². The van der Waals surface area contributed by atoms with Gasteiger partial charge in [0.2, 0.25) is 15.9 Å². The molecule has 4 aromatic rings. The number of nitrogens with two attached hydrogens (primary N) is 1. The van der Waals surface area contributed by atoms with E-state index in [1.54, 1.807) is 33.5 Å². The van der Waals surface area contributed by atoms with Crippen LogP contribution in [0.4, 0.5) is 17.2 Å². The predicted octanol–water partition coefficient (Wildman–Crippen LogP) is 4.23. The Kier molecular flexibility index (Phi) is 9.42. The molecule has 12 nitrogen and oxygen atoms in total. The van der Waals surface area contributed by atoms with Crippen LogP contribution in [0.15, 0.2) is 65.8 Å². The molecule has 0 bridgehead atoms. The topological polar surface area (TPSA) is 164 Å². The van der Waals surface area contributed by atoms with Crippen molar-refractivity contribution < 1.29 is 32.2 Å². The molecule has 0 aliphatic rings. The van der Waals surface area contributed by atoms with E-state index in [1.807, 2.05) is 18.2 Å². The fraction of sp³-hybridized carbons (Fsp3) is 0.250. The molecule has 0 saturated carbocycles. The fourth-order valence-electron chi connectivity index (χ4n) is 4.01. The molecule has 3 aromatic carbocycles. The molecule has 13 heteroatoms. The number of methoxy groups -OCH3 is 3. The van der Waals surface area contributed by atoms with Crippen LogP contribution in [0.2, 0.25) is 0 Å². The first-order chi connectivity index (χ1) is 19.7. The summed E-state index contributed by atoms with van der Waals surface area (Å²) in [6, 6.07) is 14.7. The number of ether oxygens (including phenoxy) is 4. The molecule has 0 spiro atoms. The number of amides is 1. The van der Waals surface area contributed by atoms with Crippen molar-refractivity contribution in [2.45, 2.75) is 24.2 Å². The Balaban J connectivity index is 1.37. The lowest BCUT2D eigenvalue weighted by Gasteiger charge is -2.15. The molecule has 1 aromatic heterocycles. The van der Waals surface area contributed by atoms with Gasteiger partial charge in [0.15, 0.2) is 23.0 Å². The number of hydrogen-bond acceptors (Lipinski definition) is 10. The maximum atomic E-state index is 12.3. The molecule has 216 valence electrons. The first-order valence-corrected chi connectivity index (χ1v) is 14.1. The lowest BCUT2D eigenvalue weighted by molar-refractivity contribution is -0.116. The maximum Gasteiger partial charge on any atom is 0.238 e. The molecule has 0 saturated heterocycles. The highest BCUT2D eigenvalue weighted by molar-refractivity contribution is 7.89. The van der Waals surface area contributed by atoms with Crippen molar-refractivity contribution in [3.05, 3.63) is 60.9 Å². The van der Waals surface area contributed by atoms with Crippen LogP contribution in [0.5, 0.6) is 23.0 Å². The van der Waals surface area contributed by atoms with Gasteiger partial charge in [-0.05, 0) is 55.3 Å². The number of carbonyl (C=O) groups excluding carboxylic acids is 1. The quantitative estimate of drug-likeness (QED) is 0.195. The molecule has 0 aliphatic carbocycles. The van der Waals surface area contributed by atoms with E-state index in [9.17, 15) is 13.2 Å². The van der Waals surface area contributed by atoms with Gasteiger partial charge in [-0.1, -0.05) is 0 Å². The van der Waals surface area contributed by atoms with Gasteiger partial charge in [0.1, 0.15) is 12.1 Å². The second-order valence-corrected chi connectivity index (χ2v) is 10.4. The summed E-state index contributed by atoms with van der Waals surface area (Å²) in [6.07, 6.45) is 2.92. The van der Waals surface area contributed by atoms with Crippen molar-refractivity contribution >= 4 is 44.0 Å². The average Bonchev–Trinajstić information content (AvgIpc) is 2.96. The zero-order valence-corrected chi connectivity index (χ0v) is 23.7. The van der Waals surface area contributed by atoms with E-state index in [-0.39, 0.29) is 17.2 Å². The van der Waals surface area contributed by atoms with Gasteiger partial charge in [-0.2, -0.15) is 0 Å². The number of carbonyl (C=O) groups is 1. The average molecular weight is 582 g/mol. The SMILES string of the molecule is COc1ccc(Nc2ncnc3cc(OC)c(OCCCCC(=O)Nc4ccc(S(N)(=O)=O)cc4)cc23)cc1OC. The number of rotatable bonds is 13. The Labute approximate surface area is 237 Å². The standard InChI is InChI=1S/C28H31N5O7S/c1-37-23-12-9-19(14-24(23)38-2)33-28-21-15-26(25(39-3)16-22(21)30-17-31-28)40-13-5-4-6-27(34)32-18-7-10-20(11-8-18)41(29,35)36/h7-12,14-17H,4-6,13H2,1-3H3,(H,32,34)(H2,29,35,36)(H,30,31,33). The fourth-order valence-corrected chi connectivity index (χ4v) is 4.52. The summed E-state index contributed by atoms with van der Waals surface area (Å²) in [5, 5.41) is 11.9. The predicted molar refractivity (Wildman–Crippen MR) is 155 cm³/mol. The van der Waals surface area contributed by atoms with Crippen LogP contribution < -0.4 is 34.7 Å². The third kappa shape index (κ3) is 7.52. The third-order valence-corrected chi connectivity index (χ3v) is 7.02. The molecule has 41 heavy (non-hydrogen) atoms. The summed E-state index contributed by atoms with van der Waals surface area (Å²) in [6.45, 7) is 0.352. The highest BCUT2D eigenvalue weighted by atomic mass is 32.2. The molecule has 1 amide bonds. The van der Waals surface area contributed by atoms with Crippen LogP contribution >= 0.6 is 0 Å². The van der Waals surface area contributed by atoms with Crippen molar-refractivity contribution in [1.82, 2.24) is 9.97 Å². The van der Waals surface area contributed by atoms with Crippen LogP contribution in [0.25, 0.3) is 10.9 Å². The second kappa shape index (κ2) is 13.2. The van der Waals surface area contributed by atoms with Crippen molar-refractivity contribution in [1.29, 1.82) is 0 Å². The minimum absolute atomic E-state index is 0.0211. The number of primary sulfonamides is 1. The molecule has 4 rings (SSSR count). The molecule has 0 atom stereocenters. The molecule has 0 unspecified atom stereocenters. The highest BCUT2D eigenvalue weighted by Crippen LogP contribution is 2.36. The molecule has 4 N–H and O–H groups in total. The van der Waals surface area contributed by atoms with Gasteiger partial charge < -0.3 is 29.6 Å². The van der Waals surface area contributed by atoms with Crippen LogP contribution in [0.3, 0.4) is 0 Å². The highest BCUT2D eigenvalue weighted by Gasteiger charge is 2.14. The number of benzene rings is 3. The van der Waals surface area contributed by atoms with Crippen molar-refractivity contribution in [3.63, 3.8) is 0 Å². The third-order valence-electron chi connectivity index (χ3n) is 6.09. The number of hydrogen-bond donors (Lipinski definition) is 3. The summed E-state index contributed by atoms with van der Waals surface area (Å²) in [5.41, 5.74) is 1.90. The summed E-state index contributed by atoms with van der Waals surface area (Å²) in [7, 11) is 0.915. The Bertz CT molecular complexity index is 1630. The summed E-state index contributed by atoms with van der Waals surface area (Å²) < 4.78 is 44.9. The van der Waals surface area contributed by atoms with Crippen molar-refractivity contribution in [3.8, 4) is 23.0 Å². The van der Waals surface area contributed by atoms with E-state index in [2.05, 4.69) is 20.6 Å². The van der Waals surface area contributed by atoms with Crippen LogP contribution in [-0.2, 0) is 14.8 Å². The van der Waals surface area contributed by atoms with Crippen LogP contribution in [0, 0.1) is 0 Å². The molecule has 0 radical (unpaired) electrons. The van der Waals surface area contributed by atoms with E-state index in [4.69, 9.17) is 24.1 Å². The van der Waals surface area contributed by atoms with Gasteiger partial charge in [0, 0.05) is 35.3 Å². The largest absolute Gasteiger partial charge is 0.493 e. The second-order valence-electron chi connectivity index (χ2n) is 8.86. The molecule has 1 heterocycles. The van der Waals surface area contributed by atoms with Crippen LogP contribution in [-0.4, -0.2) is 52.2 Å². The maximum absolute atomic E-state index is 12.3. The smallest absolute Gasteiger partial charge is 0.238 e. The Morgan fingerprint density at radius 1 is 0.829 bits per heavy atom. The Hall–Kier alpha value is -4.62. The minimum Gasteiger partial charge on any atom is -0.493 e. The Morgan fingerprint density at radius 2 is 1.51 bits per heavy atom. The lowest BCUT2D eigenvalue weighted by Crippen LogP contribution is -2.13. The monoisotopic (exact) mass is 581 g/mol. The molecule has 0 aliphatic heterocycles. The minimum atomic E-state index is -3.79. The van der Waals surface area contributed by atoms with Gasteiger partial charge in [0.25, 0.3) is 0 Å². The van der Waals surface area contributed by atoms with Crippen molar-refractivity contribution in [2.24, 2.45) is 5.14 Å². The first kappa shape index (κ1) is 29.4. The number of aromatic nitrogens is 2. The first-order valence-electron chi connectivity index (χ1n) is 12.6. The van der Waals surface area contributed by atoms with E-state index >= 15 is 0 Å². The summed E-state index contributed by atoms with van der Waals surface area (Å²) >= 11 is 0. The summed E-state index contributed by atoms with van der Waals surface area (Å²) in [4.78, 5) is 21.0. The van der Waals surface area contributed by atoms with E-state index in [0.29, 0.717) is 59.5 Å². The van der Waals surface area contributed by atoms with Gasteiger partial charge in [0.05, 0.1) is 38.3 Å². The van der Waals surface area contributed by atoms with Gasteiger partial charge in [-0.3, -0.25) is 4.79 Å². The number of sulfonamides is 1. The van der Waals surface area contributed by atoms with E-state index in [0.717, 1.165) is 11.1 Å². The molecular formula is C28H31N5O7S.